The van der Waals surface area contributed by atoms with Gasteiger partial charge >= 0.3 is 5.97 Å². The molecule has 3 rings (SSSR count). The van der Waals surface area contributed by atoms with Gasteiger partial charge in [0.1, 0.15) is 5.71 Å². The Morgan fingerprint density at radius 1 is 1.23 bits per heavy atom. The maximum absolute atomic E-state index is 12.6. The first kappa shape index (κ1) is 18.1. The van der Waals surface area contributed by atoms with Crippen LogP contribution in [0.1, 0.15) is 43.2 Å². The first-order valence-electron chi connectivity index (χ1n) is 8.88. The summed E-state index contributed by atoms with van der Waals surface area (Å²) in [6.07, 6.45) is 2.46. The van der Waals surface area contributed by atoms with Crippen molar-refractivity contribution in [3.05, 3.63) is 29.3 Å². The minimum atomic E-state index is -0.884. The molecule has 1 aliphatic carbocycles. The van der Waals surface area contributed by atoms with Crippen molar-refractivity contribution in [2.75, 3.05) is 5.01 Å². The van der Waals surface area contributed by atoms with E-state index in [4.69, 9.17) is 0 Å². The van der Waals surface area contributed by atoms with Crippen LogP contribution in [0, 0.1) is 19.8 Å². The van der Waals surface area contributed by atoms with Gasteiger partial charge < -0.3 is 10.4 Å². The van der Waals surface area contributed by atoms with Crippen LogP contribution in [0.25, 0.3) is 0 Å². The van der Waals surface area contributed by atoms with Crippen LogP contribution in [0.5, 0.6) is 0 Å². The Kier molecular flexibility index (Phi) is 5.06. The van der Waals surface area contributed by atoms with Gasteiger partial charge in [-0.05, 0) is 43.9 Å². The van der Waals surface area contributed by atoms with Gasteiger partial charge in [0, 0.05) is 18.9 Å². The van der Waals surface area contributed by atoms with Gasteiger partial charge in [0.15, 0.2) is 0 Å². The maximum Gasteiger partial charge on any atom is 0.308 e. The van der Waals surface area contributed by atoms with Crippen LogP contribution < -0.4 is 10.3 Å². The van der Waals surface area contributed by atoms with Crippen molar-refractivity contribution in [2.24, 2.45) is 11.0 Å². The van der Waals surface area contributed by atoms with E-state index in [2.05, 4.69) is 10.4 Å². The molecule has 0 unspecified atom stereocenters. The van der Waals surface area contributed by atoms with Gasteiger partial charge in [0.2, 0.25) is 5.91 Å². The predicted molar refractivity (Wildman–Crippen MR) is 97.0 cm³/mol. The van der Waals surface area contributed by atoms with Gasteiger partial charge in [0.25, 0.3) is 5.91 Å². The second kappa shape index (κ2) is 7.27. The highest BCUT2D eigenvalue weighted by Gasteiger charge is 2.35. The number of anilines is 1. The highest BCUT2D eigenvalue weighted by atomic mass is 16.4. The van der Waals surface area contributed by atoms with Crippen LogP contribution in [0.15, 0.2) is 23.3 Å². The van der Waals surface area contributed by atoms with E-state index in [0.29, 0.717) is 18.5 Å². The monoisotopic (exact) mass is 357 g/mol. The van der Waals surface area contributed by atoms with Crippen molar-refractivity contribution in [1.82, 2.24) is 5.32 Å². The smallest absolute Gasteiger partial charge is 0.308 e. The number of carboxylic acid groups (broad SMARTS) is 1. The van der Waals surface area contributed by atoms with Gasteiger partial charge in [-0.25, -0.2) is 5.01 Å². The molecule has 7 nitrogen and oxygen atoms in total. The minimum absolute atomic E-state index is 0.153. The average molecular weight is 357 g/mol. The second-order valence-electron chi connectivity index (χ2n) is 7.00. The van der Waals surface area contributed by atoms with Crippen molar-refractivity contribution in [1.29, 1.82) is 0 Å². The Morgan fingerprint density at radius 3 is 2.73 bits per heavy atom. The van der Waals surface area contributed by atoms with Gasteiger partial charge in [-0.2, -0.15) is 5.10 Å². The summed E-state index contributed by atoms with van der Waals surface area (Å²) < 4.78 is 0. The third-order valence-electron chi connectivity index (χ3n) is 5.04. The number of nitrogens with one attached hydrogen (secondary N) is 1. The van der Waals surface area contributed by atoms with E-state index in [1.165, 1.54) is 5.01 Å². The molecule has 26 heavy (non-hydrogen) atoms. The zero-order chi connectivity index (χ0) is 18.8. The molecule has 1 heterocycles. The van der Waals surface area contributed by atoms with Crippen molar-refractivity contribution in [2.45, 2.75) is 52.0 Å². The number of hydrazone groups is 1. The van der Waals surface area contributed by atoms with E-state index < -0.39 is 11.9 Å². The zero-order valence-corrected chi connectivity index (χ0v) is 15.0. The number of rotatable bonds is 4. The molecule has 1 aliphatic heterocycles. The van der Waals surface area contributed by atoms with Crippen molar-refractivity contribution in [3.8, 4) is 0 Å². The van der Waals surface area contributed by atoms with E-state index >= 15 is 0 Å². The van der Waals surface area contributed by atoms with Crippen LogP contribution in [0.4, 0.5) is 5.69 Å². The van der Waals surface area contributed by atoms with E-state index in [9.17, 15) is 19.5 Å². The largest absolute Gasteiger partial charge is 0.481 e. The first-order chi connectivity index (χ1) is 12.4. The first-order valence-corrected chi connectivity index (χ1v) is 8.88. The lowest BCUT2D eigenvalue weighted by molar-refractivity contribution is -0.142. The third kappa shape index (κ3) is 3.61. The van der Waals surface area contributed by atoms with Crippen molar-refractivity contribution >= 4 is 29.2 Å². The molecule has 1 aromatic rings. The lowest BCUT2D eigenvalue weighted by atomic mass is 10.0. The number of hydrogen-bond donors (Lipinski definition) is 2. The summed E-state index contributed by atoms with van der Waals surface area (Å²) in [5.41, 5.74) is 2.84. The van der Waals surface area contributed by atoms with Crippen LogP contribution >= 0.6 is 0 Å². The quantitative estimate of drug-likeness (QED) is 0.862. The Labute approximate surface area is 152 Å². The molecule has 0 saturated heterocycles. The normalized spacial score (nSPS) is 22.9. The summed E-state index contributed by atoms with van der Waals surface area (Å²) in [5, 5.41) is 17.6. The number of nitrogens with zero attached hydrogens (tertiary/aromatic N) is 2. The van der Waals surface area contributed by atoms with Crippen LogP contribution in [0.2, 0.25) is 0 Å². The standard InChI is InChI=1S/C19H23N3O4/c1-11-6-7-12(2)16(10-11)22-17(23)9-8-15(21-22)18(24)20-14-5-3-4-13(14)19(25)26/h6-7,10,13-14H,3-5,8-9H2,1-2H3,(H,20,24)(H,25,26)/t13-,14+/m0/s1. The zero-order valence-electron chi connectivity index (χ0n) is 15.0. The van der Waals surface area contributed by atoms with Gasteiger partial charge in [-0.1, -0.05) is 18.6 Å². The summed E-state index contributed by atoms with van der Waals surface area (Å²) in [7, 11) is 0. The molecule has 1 saturated carbocycles. The Balaban J connectivity index is 1.81. The molecule has 0 radical (unpaired) electrons. The number of benzene rings is 1. The van der Waals surface area contributed by atoms with E-state index in [1.807, 2.05) is 32.0 Å². The Bertz CT molecular complexity index is 787. The van der Waals surface area contributed by atoms with Gasteiger partial charge in [0.05, 0.1) is 11.6 Å². The van der Waals surface area contributed by atoms with Crippen LogP contribution in [-0.4, -0.2) is 34.6 Å². The number of carbonyl (C=O) groups excluding carboxylic acids is 2. The van der Waals surface area contributed by atoms with Gasteiger partial charge in [-0.3, -0.25) is 14.4 Å². The number of carbonyl (C=O) groups is 3. The average Bonchev–Trinajstić information content (AvgIpc) is 3.06. The summed E-state index contributed by atoms with van der Waals surface area (Å²) in [5.74, 6) is -1.98. The second-order valence-corrected chi connectivity index (χ2v) is 7.00. The molecule has 2 N–H and O–H groups in total. The molecule has 138 valence electrons. The number of hydrogen-bond acceptors (Lipinski definition) is 4. The van der Waals surface area contributed by atoms with Crippen molar-refractivity contribution < 1.29 is 19.5 Å². The number of amides is 2. The molecule has 7 heteroatoms. The third-order valence-corrected chi connectivity index (χ3v) is 5.04. The molecule has 1 fully saturated rings. The Hall–Kier alpha value is -2.70. The molecule has 0 spiro atoms. The molecule has 2 aliphatic rings. The van der Waals surface area contributed by atoms with Crippen LogP contribution in [0.3, 0.4) is 0 Å². The number of aryl methyl sites for hydroxylation is 2. The molecular weight excluding hydrogens is 334 g/mol. The molecule has 0 bridgehead atoms. The number of aliphatic carboxylic acids is 1. The fourth-order valence-electron chi connectivity index (χ4n) is 3.53. The number of carboxylic acids is 1. The summed E-state index contributed by atoms with van der Waals surface area (Å²) in [6.45, 7) is 3.82. The molecule has 1 aromatic carbocycles. The molecule has 0 aromatic heterocycles. The summed E-state index contributed by atoms with van der Waals surface area (Å²) >= 11 is 0. The molecule has 2 amide bonds. The fraction of sp³-hybridized carbons (Fsp3) is 0.474. The Morgan fingerprint density at radius 2 is 2.00 bits per heavy atom. The molecule has 2 atom stereocenters. The predicted octanol–water partition coefficient (Wildman–Crippen LogP) is 2.16. The molecular formula is C19H23N3O4. The summed E-state index contributed by atoms with van der Waals surface area (Å²) in [6, 6.07) is 5.36. The lowest BCUT2D eigenvalue weighted by Gasteiger charge is -2.26. The maximum atomic E-state index is 12.6. The van der Waals surface area contributed by atoms with Crippen molar-refractivity contribution in [3.63, 3.8) is 0 Å². The fourth-order valence-corrected chi connectivity index (χ4v) is 3.53. The lowest BCUT2D eigenvalue weighted by Crippen LogP contribution is -2.45. The van der Waals surface area contributed by atoms with Gasteiger partial charge in [-0.15, -0.1) is 0 Å². The van der Waals surface area contributed by atoms with E-state index in [1.54, 1.807) is 0 Å². The van der Waals surface area contributed by atoms with E-state index in [0.717, 1.165) is 17.5 Å². The topological polar surface area (TPSA) is 99.1 Å². The minimum Gasteiger partial charge on any atom is -0.481 e. The highest BCUT2D eigenvalue weighted by molar-refractivity contribution is 6.40. The van der Waals surface area contributed by atoms with E-state index in [-0.39, 0.29) is 36.4 Å². The highest BCUT2D eigenvalue weighted by Crippen LogP contribution is 2.27. The van der Waals surface area contributed by atoms with Crippen LogP contribution in [-0.2, 0) is 14.4 Å². The SMILES string of the molecule is Cc1ccc(C)c(N2N=C(C(=O)N[C@@H]3CCC[C@@H]3C(=O)O)CCC2=O)c1. The summed E-state index contributed by atoms with van der Waals surface area (Å²) in [4.78, 5) is 36.2.